The van der Waals surface area contributed by atoms with Gasteiger partial charge in [0.25, 0.3) is 0 Å². The molecule has 122 valence electrons. The third-order valence-corrected chi connectivity index (χ3v) is 4.80. The van der Waals surface area contributed by atoms with Crippen molar-refractivity contribution in [2.24, 2.45) is 15.0 Å². The molecule has 24 heavy (non-hydrogen) atoms. The fourth-order valence-electron chi connectivity index (χ4n) is 3.64. The van der Waals surface area contributed by atoms with Gasteiger partial charge in [-0.05, 0) is 55.7 Å². The average molecular weight is 320 g/mol. The number of nitrogens with one attached hydrogen (secondary N) is 3. The lowest BCUT2D eigenvalue weighted by molar-refractivity contribution is 0.599. The van der Waals surface area contributed by atoms with Gasteiger partial charge in [0.05, 0.1) is 11.4 Å². The molecule has 4 aliphatic heterocycles. The van der Waals surface area contributed by atoms with E-state index in [1.807, 2.05) is 12.1 Å². The average Bonchev–Trinajstić information content (AvgIpc) is 3.32. The third kappa shape index (κ3) is 2.73. The summed E-state index contributed by atoms with van der Waals surface area (Å²) in [5.41, 5.74) is 2.88. The fraction of sp³-hybridized carbons (Fsp3) is 0.389. The van der Waals surface area contributed by atoms with Crippen molar-refractivity contribution in [2.45, 2.75) is 44.1 Å². The molecule has 5 heterocycles. The van der Waals surface area contributed by atoms with Crippen molar-refractivity contribution < 1.29 is 0 Å². The Labute approximate surface area is 139 Å². The molecule has 0 amide bonds. The highest BCUT2D eigenvalue weighted by atomic mass is 15.2. The number of fused-ring (bicyclic) bond motifs is 7. The Bertz CT molecular complexity index is 900. The van der Waals surface area contributed by atoms with Crippen molar-refractivity contribution in [1.82, 2.24) is 15.6 Å². The molecular formula is C18H20N6. The molecule has 0 aromatic carbocycles. The van der Waals surface area contributed by atoms with Gasteiger partial charge in [0.2, 0.25) is 0 Å². The van der Waals surface area contributed by atoms with Gasteiger partial charge in [-0.3, -0.25) is 10.3 Å². The molecule has 3 unspecified atom stereocenters. The highest BCUT2D eigenvalue weighted by Gasteiger charge is 2.25. The van der Waals surface area contributed by atoms with E-state index in [4.69, 9.17) is 9.98 Å². The van der Waals surface area contributed by atoms with Crippen LogP contribution >= 0.6 is 0 Å². The van der Waals surface area contributed by atoms with Crippen LogP contribution in [-0.4, -0.2) is 34.9 Å². The Hall–Kier alpha value is -2.47. The molecule has 6 nitrogen and oxygen atoms in total. The molecule has 0 spiro atoms. The van der Waals surface area contributed by atoms with Gasteiger partial charge in [-0.25, -0.2) is 9.98 Å². The summed E-state index contributed by atoms with van der Waals surface area (Å²) in [5, 5.41) is 8.06. The highest BCUT2D eigenvalue weighted by molar-refractivity contribution is 6.19. The number of hydrogen-bond acceptors (Lipinski definition) is 5. The molecule has 0 aliphatic carbocycles. The maximum Gasteiger partial charge on any atom is 0.127 e. The van der Waals surface area contributed by atoms with Crippen molar-refractivity contribution in [3.8, 4) is 0 Å². The van der Waals surface area contributed by atoms with Gasteiger partial charge in [0.1, 0.15) is 23.7 Å². The van der Waals surface area contributed by atoms with E-state index < -0.39 is 0 Å². The number of rotatable bonds is 0. The molecule has 0 saturated carbocycles. The summed E-state index contributed by atoms with van der Waals surface area (Å²) < 4.78 is 0. The fourth-order valence-corrected chi connectivity index (χ4v) is 3.64. The first-order valence-corrected chi connectivity index (χ1v) is 8.63. The quantitative estimate of drug-likeness (QED) is 0.651. The van der Waals surface area contributed by atoms with Crippen LogP contribution in [0.2, 0.25) is 0 Å². The Kier molecular flexibility index (Phi) is 3.23. The first-order valence-electron chi connectivity index (χ1n) is 8.63. The Balaban J connectivity index is 1.58. The molecular weight excluding hydrogens is 300 g/mol. The first-order chi connectivity index (χ1) is 11.8. The minimum Gasteiger partial charge on any atom is -0.352 e. The van der Waals surface area contributed by atoms with Crippen LogP contribution in [-0.2, 0) is 0 Å². The van der Waals surface area contributed by atoms with E-state index in [9.17, 15) is 0 Å². The van der Waals surface area contributed by atoms with E-state index in [0.29, 0.717) is 6.04 Å². The Morgan fingerprint density at radius 3 is 3.00 bits per heavy atom. The number of aromatic nitrogens is 1. The van der Waals surface area contributed by atoms with Gasteiger partial charge >= 0.3 is 0 Å². The smallest absolute Gasteiger partial charge is 0.127 e. The number of allylic oxidation sites excluding steroid dienone is 2. The summed E-state index contributed by atoms with van der Waals surface area (Å²) in [5.74, 6) is 1.07. The van der Waals surface area contributed by atoms with E-state index in [2.05, 4.69) is 44.9 Å². The van der Waals surface area contributed by atoms with E-state index in [1.54, 1.807) is 0 Å². The minimum absolute atomic E-state index is 0.107. The van der Waals surface area contributed by atoms with Crippen molar-refractivity contribution >= 4 is 17.6 Å². The minimum atomic E-state index is 0.107. The monoisotopic (exact) mass is 320 g/mol. The lowest BCUT2D eigenvalue weighted by Crippen LogP contribution is -2.31. The zero-order chi connectivity index (χ0) is 15.9. The van der Waals surface area contributed by atoms with Crippen LogP contribution < -0.4 is 21.5 Å². The first kappa shape index (κ1) is 13.9. The standard InChI is InChI=1S/C18H20N6/c1-2-12-10-14-4-6-16(21-14)23-18-8-7-17(24-18)22-15-5-3-13(20-15)9-11(1)19-12/h1-3,5,9-10,14,16-17,21H,4,6-8H2,(H,20,22)(H,23,24). The van der Waals surface area contributed by atoms with E-state index >= 15 is 0 Å². The predicted molar refractivity (Wildman–Crippen MR) is 94.2 cm³/mol. The summed E-state index contributed by atoms with van der Waals surface area (Å²) in [7, 11) is 0. The third-order valence-electron chi connectivity index (χ3n) is 4.80. The second-order valence-electron chi connectivity index (χ2n) is 6.67. The molecule has 6 heteroatoms. The van der Waals surface area contributed by atoms with E-state index in [0.717, 1.165) is 53.8 Å². The van der Waals surface area contributed by atoms with Gasteiger partial charge in [-0.15, -0.1) is 0 Å². The lowest BCUT2D eigenvalue weighted by atomic mass is 10.2. The summed E-state index contributed by atoms with van der Waals surface area (Å²) in [6.07, 6.45) is 12.8. The molecule has 8 bridgehead atoms. The van der Waals surface area contributed by atoms with Gasteiger partial charge < -0.3 is 10.3 Å². The van der Waals surface area contributed by atoms with Crippen LogP contribution in [0.15, 0.2) is 51.0 Å². The maximum atomic E-state index is 4.84. The molecule has 0 radical (unpaired) electrons. The zero-order valence-corrected chi connectivity index (χ0v) is 13.4. The largest absolute Gasteiger partial charge is 0.352 e. The number of aliphatic imine (C=N–C) groups is 2. The zero-order valence-electron chi connectivity index (χ0n) is 13.4. The van der Waals surface area contributed by atoms with Crippen molar-refractivity contribution in [1.29, 1.82) is 0 Å². The van der Waals surface area contributed by atoms with Crippen LogP contribution in [0.25, 0.3) is 6.08 Å². The molecule has 2 saturated heterocycles. The van der Waals surface area contributed by atoms with Crippen LogP contribution in [0.5, 0.6) is 0 Å². The second kappa shape index (κ2) is 5.56. The molecule has 1 aromatic heterocycles. The molecule has 5 rings (SSSR count). The summed E-state index contributed by atoms with van der Waals surface area (Å²) in [6.45, 7) is 0. The van der Waals surface area contributed by atoms with Crippen molar-refractivity contribution in [2.75, 3.05) is 0 Å². The van der Waals surface area contributed by atoms with Crippen LogP contribution in [0.1, 0.15) is 25.7 Å². The molecule has 4 aliphatic rings. The lowest BCUT2D eigenvalue weighted by Gasteiger charge is -2.10. The molecule has 3 N–H and O–H groups in total. The second-order valence-corrected chi connectivity index (χ2v) is 6.67. The number of nitrogens with zero attached hydrogens (tertiary/aromatic N) is 3. The SMILES string of the molecule is C1=CC2=NC1=CC1CCC(N=C3CCC(N=c4ccc([nH]4)=C2)N3)N1. The van der Waals surface area contributed by atoms with Crippen molar-refractivity contribution in [3.05, 3.63) is 46.9 Å². The van der Waals surface area contributed by atoms with Crippen molar-refractivity contribution in [3.63, 3.8) is 0 Å². The van der Waals surface area contributed by atoms with Crippen LogP contribution in [0.3, 0.4) is 0 Å². The maximum absolute atomic E-state index is 4.84. The van der Waals surface area contributed by atoms with Gasteiger partial charge in [0, 0.05) is 17.8 Å². The molecule has 2 fully saturated rings. The topological polar surface area (TPSA) is 76.9 Å². The Morgan fingerprint density at radius 1 is 1.00 bits per heavy atom. The molecule has 1 aromatic rings. The van der Waals surface area contributed by atoms with Gasteiger partial charge in [-0.2, -0.15) is 0 Å². The normalized spacial score (nSPS) is 30.8. The van der Waals surface area contributed by atoms with E-state index in [1.165, 1.54) is 0 Å². The van der Waals surface area contributed by atoms with Crippen LogP contribution in [0.4, 0.5) is 0 Å². The number of H-pyrrole nitrogens is 1. The number of aromatic amines is 1. The van der Waals surface area contributed by atoms with Gasteiger partial charge in [0.15, 0.2) is 0 Å². The molecule has 3 atom stereocenters. The van der Waals surface area contributed by atoms with Crippen LogP contribution in [0, 0.1) is 0 Å². The van der Waals surface area contributed by atoms with E-state index in [-0.39, 0.29) is 12.3 Å². The predicted octanol–water partition coefficient (Wildman–Crippen LogP) is 0.509. The summed E-state index contributed by atoms with van der Waals surface area (Å²) in [6, 6.07) is 4.40. The number of amidine groups is 1. The summed E-state index contributed by atoms with van der Waals surface area (Å²) in [4.78, 5) is 17.6. The highest BCUT2D eigenvalue weighted by Crippen LogP contribution is 2.20. The number of hydrogen-bond donors (Lipinski definition) is 3. The summed E-state index contributed by atoms with van der Waals surface area (Å²) >= 11 is 0. The Morgan fingerprint density at radius 2 is 2.00 bits per heavy atom. The van der Waals surface area contributed by atoms with Gasteiger partial charge in [-0.1, -0.05) is 0 Å².